The third kappa shape index (κ3) is 3.39. The van der Waals surface area contributed by atoms with Gasteiger partial charge in [0.15, 0.2) is 0 Å². The number of hydrogen-bond acceptors (Lipinski definition) is 2. The summed E-state index contributed by atoms with van der Waals surface area (Å²) >= 11 is 11.9. The number of piperidine rings is 1. The van der Waals surface area contributed by atoms with Gasteiger partial charge < -0.3 is 10.4 Å². The fourth-order valence-electron chi connectivity index (χ4n) is 2.59. The molecule has 1 aliphatic heterocycles. The van der Waals surface area contributed by atoms with E-state index in [0.717, 1.165) is 31.5 Å². The molecule has 2 rings (SSSR count). The molecule has 1 aromatic rings. The summed E-state index contributed by atoms with van der Waals surface area (Å²) in [5.41, 5.74) is 0.324. The number of halogens is 2. The van der Waals surface area contributed by atoms with Gasteiger partial charge in [0.2, 0.25) is 0 Å². The molecule has 100 valence electrons. The topological polar surface area (TPSA) is 32.3 Å². The summed E-state index contributed by atoms with van der Waals surface area (Å²) in [5, 5.41) is 15.1. The lowest BCUT2D eigenvalue weighted by atomic mass is 9.79. The van der Waals surface area contributed by atoms with E-state index in [1.165, 1.54) is 0 Å². The van der Waals surface area contributed by atoms with E-state index in [0.29, 0.717) is 22.4 Å². The zero-order valence-corrected chi connectivity index (χ0v) is 12.1. The molecule has 1 heterocycles. The van der Waals surface area contributed by atoms with Gasteiger partial charge in [0.25, 0.3) is 0 Å². The smallest absolute Gasteiger partial charge is 0.0700 e. The molecule has 0 radical (unpaired) electrons. The highest BCUT2D eigenvalue weighted by Gasteiger charge is 2.32. The second kappa shape index (κ2) is 5.79. The minimum Gasteiger partial charge on any atom is -0.389 e. The van der Waals surface area contributed by atoms with Gasteiger partial charge in [-0.3, -0.25) is 0 Å². The van der Waals surface area contributed by atoms with Crippen LogP contribution in [0, 0.1) is 5.92 Å². The van der Waals surface area contributed by atoms with Gasteiger partial charge in [0, 0.05) is 18.9 Å². The van der Waals surface area contributed by atoms with Gasteiger partial charge in [-0.1, -0.05) is 29.3 Å². The zero-order chi connectivity index (χ0) is 13.2. The van der Waals surface area contributed by atoms with Crippen LogP contribution in [0.5, 0.6) is 0 Å². The Balaban J connectivity index is 2.08. The van der Waals surface area contributed by atoms with E-state index in [1.807, 2.05) is 19.1 Å². The van der Waals surface area contributed by atoms with Crippen molar-refractivity contribution >= 4 is 23.2 Å². The Morgan fingerprint density at radius 2 is 2.17 bits per heavy atom. The number of hydrogen-bond donors (Lipinski definition) is 2. The lowest BCUT2D eigenvalue weighted by Crippen LogP contribution is -2.45. The van der Waals surface area contributed by atoms with Crippen LogP contribution in [-0.2, 0) is 6.42 Å². The number of aliphatic hydroxyl groups is 1. The Morgan fingerprint density at radius 1 is 1.39 bits per heavy atom. The second-order valence-corrected chi connectivity index (χ2v) is 6.14. The molecular weight excluding hydrogens is 269 g/mol. The molecule has 2 nitrogen and oxygen atoms in total. The van der Waals surface area contributed by atoms with E-state index in [2.05, 4.69) is 5.32 Å². The van der Waals surface area contributed by atoms with Gasteiger partial charge in [-0.05, 0) is 44.0 Å². The van der Waals surface area contributed by atoms with Crippen molar-refractivity contribution in [2.45, 2.75) is 31.8 Å². The fourth-order valence-corrected chi connectivity index (χ4v) is 2.91. The van der Waals surface area contributed by atoms with Crippen LogP contribution in [0.2, 0.25) is 10.0 Å². The van der Waals surface area contributed by atoms with Gasteiger partial charge in [0.05, 0.1) is 15.6 Å². The van der Waals surface area contributed by atoms with E-state index >= 15 is 0 Å². The van der Waals surface area contributed by atoms with Gasteiger partial charge in [-0.15, -0.1) is 0 Å². The van der Waals surface area contributed by atoms with E-state index < -0.39 is 5.60 Å². The van der Waals surface area contributed by atoms with Crippen molar-refractivity contribution in [1.29, 1.82) is 0 Å². The third-order valence-electron chi connectivity index (χ3n) is 3.72. The summed E-state index contributed by atoms with van der Waals surface area (Å²) < 4.78 is 0. The summed E-state index contributed by atoms with van der Waals surface area (Å²) in [4.78, 5) is 0. The molecule has 2 unspecified atom stereocenters. The van der Waals surface area contributed by atoms with Gasteiger partial charge in [-0.2, -0.15) is 0 Å². The summed E-state index contributed by atoms with van der Waals surface area (Å²) in [5.74, 6) is 0.292. The lowest BCUT2D eigenvalue weighted by molar-refractivity contribution is -0.0102. The summed E-state index contributed by atoms with van der Waals surface area (Å²) in [6.07, 6.45) is 2.81. The molecule has 0 bridgehead atoms. The van der Waals surface area contributed by atoms with Crippen LogP contribution in [0.15, 0.2) is 18.2 Å². The molecule has 1 aliphatic rings. The average Bonchev–Trinajstić information content (AvgIpc) is 2.35. The van der Waals surface area contributed by atoms with Gasteiger partial charge in [0.1, 0.15) is 0 Å². The molecule has 0 amide bonds. The zero-order valence-electron chi connectivity index (χ0n) is 10.5. The number of rotatable bonds is 3. The lowest BCUT2D eigenvalue weighted by Gasteiger charge is -2.36. The summed E-state index contributed by atoms with van der Waals surface area (Å²) in [7, 11) is 0. The van der Waals surface area contributed by atoms with E-state index in [9.17, 15) is 5.11 Å². The normalized spacial score (nSPS) is 23.7. The fraction of sp³-hybridized carbons (Fsp3) is 0.571. The first-order valence-corrected chi connectivity index (χ1v) is 7.11. The van der Waals surface area contributed by atoms with Crippen molar-refractivity contribution in [3.63, 3.8) is 0 Å². The molecule has 1 saturated heterocycles. The molecule has 0 saturated carbocycles. The predicted molar refractivity (Wildman–Crippen MR) is 76.4 cm³/mol. The summed E-state index contributed by atoms with van der Waals surface area (Å²) in [6.45, 7) is 3.85. The molecule has 2 atom stereocenters. The van der Waals surface area contributed by atoms with Crippen LogP contribution in [0.3, 0.4) is 0 Å². The van der Waals surface area contributed by atoms with E-state index in [4.69, 9.17) is 23.2 Å². The second-order valence-electron chi connectivity index (χ2n) is 5.33. The maximum absolute atomic E-state index is 10.6. The van der Waals surface area contributed by atoms with Crippen LogP contribution >= 0.6 is 23.2 Å². The first-order chi connectivity index (χ1) is 8.49. The van der Waals surface area contributed by atoms with Crippen molar-refractivity contribution in [2.75, 3.05) is 13.1 Å². The summed E-state index contributed by atoms with van der Waals surface area (Å²) in [6, 6.07) is 5.56. The Hall–Kier alpha value is -0.280. The van der Waals surface area contributed by atoms with Crippen LogP contribution in [0.25, 0.3) is 0 Å². The Labute approximate surface area is 118 Å². The first-order valence-electron chi connectivity index (χ1n) is 6.36. The highest BCUT2D eigenvalue weighted by molar-refractivity contribution is 6.42. The molecule has 18 heavy (non-hydrogen) atoms. The highest BCUT2D eigenvalue weighted by atomic mass is 35.5. The largest absolute Gasteiger partial charge is 0.389 e. The molecule has 1 fully saturated rings. The van der Waals surface area contributed by atoms with Crippen LogP contribution in [0.1, 0.15) is 25.3 Å². The van der Waals surface area contributed by atoms with E-state index in [1.54, 1.807) is 6.07 Å². The molecular formula is C14H19Cl2NO. The van der Waals surface area contributed by atoms with Gasteiger partial charge in [-0.25, -0.2) is 0 Å². The molecule has 1 aromatic carbocycles. The van der Waals surface area contributed by atoms with Crippen molar-refractivity contribution in [2.24, 2.45) is 5.92 Å². The maximum Gasteiger partial charge on any atom is 0.0700 e. The molecule has 0 aliphatic carbocycles. The predicted octanol–water partition coefficient (Wildman–Crippen LogP) is 3.29. The standard InChI is InChI=1S/C14H19Cl2NO/c1-14(18,11-3-2-6-17-9-11)8-10-4-5-12(15)13(16)7-10/h4-5,7,11,17-18H,2-3,6,8-9H2,1H3. The molecule has 2 N–H and O–H groups in total. The first kappa shape index (κ1) is 14.1. The Bertz CT molecular complexity index is 414. The van der Waals surface area contributed by atoms with E-state index in [-0.39, 0.29) is 0 Å². The quantitative estimate of drug-likeness (QED) is 0.894. The number of benzene rings is 1. The minimum atomic E-state index is -0.704. The van der Waals surface area contributed by atoms with Crippen molar-refractivity contribution in [1.82, 2.24) is 5.32 Å². The molecule has 4 heteroatoms. The van der Waals surface area contributed by atoms with Crippen molar-refractivity contribution in [3.8, 4) is 0 Å². The van der Waals surface area contributed by atoms with Crippen molar-refractivity contribution in [3.05, 3.63) is 33.8 Å². The SMILES string of the molecule is CC(O)(Cc1ccc(Cl)c(Cl)c1)C1CCCNC1. The molecule has 0 aromatic heterocycles. The van der Waals surface area contributed by atoms with Crippen LogP contribution < -0.4 is 5.32 Å². The third-order valence-corrected chi connectivity index (χ3v) is 4.46. The Kier molecular flexibility index (Phi) is 4.54. The monoisotopic (exact) mass is 287 g/mol. The van der Waals surface area contributed by atoms with Gasteiger partial charge >= 0.3 is 0 Å². The van der Waals surface area contributed by atoms with Crippen LogP contribution in [0.4, 0.5) is 0 Å². The highest BCUT2D eigenvalue weighted by Crippen LogP contribution is 2.30. The van der Waals surface area contributed by atoms with Crippen LogP contribution in [-0.4, -0.2) is 23.8 Å². The number of nitrogens with one attached hydrogen (secondary N) is 1. The van der Waals surface area contributed by atoms with Crippen molar-refractivity contribution < 1.29 is 5.11 Å². The Morgan fingerprint density at radius 3 is 2.78 bits per heavy atom. The minimum absolute atomic E-state index is 0.292. The maximum atomic E-state index is 10.6. The molecule has 0 spiro atoms. The average molecular weight is 288 g/mol.